The minimum Gasteiger partial charge on any atom is -0.480 e. The zero-order valence-electron chi connectivity index (χ0n) is 18.0. The minimum absolute atomic E-state index is 0.0913. The molecule has 2 amide bonds. The first kappa shape index (κ1) is 26.0. The summed E-state index contributed by atoms with van der Waals surface area (Å²) in [7, 11) is 1.31. The maximum Gasteiger partial charge on any atom is 0.288 e. The van der Waals surface area contributed by atoms with Crippen LogP contribution in [0.1, 0.15) is 12.5 Å². The van der Waals surface area contributed by atoms with Crippen molar-refractivity contribution in [3.8, 4) is 0 Å². The first-order chi connectivity index (χ1) is 15.4. The van der Waals surface area contributed by atoms with E-state index in [1.807, 2.05) is 0 Å². The molecule has 13 heteroatoms. The van der Waals surface area contributed by atoms with Gasteiger partial charge in [-0.05, 0) is 24.3 Å². The number of nitrogens with two attached hydrogens (primary N) is 2. The second-order valence-corrected chi connectivity index (χ2v) is 7.52. The van der Waals surface area contributed by atoms with Gasteiger partial charge in [0.05, 0.1) is 18.7 Å². The predicted molar refractivity (Wildman–Crippen MR) is 112 cm³/mol. The molecule has 0 saturated heterocycles. The van der Waals surface area contributed by atoms with Crippen LogP contribution in [0.5, 0.6) is 0 Å². The van der Waals surface area contributed by atoms with E-state index < -0.39 is 66.4 Å². The molecule has 5 atom stereocenters. The van der Waals surface area contributed by atoms with Crippen molar-refractivity contribution in [1.82, 2.24) is 10.2 Å². The fourth-order valence-corrected chi connectivity index (χ4v) is 3.31. The van der Waals surface area contributed by atoms with E-state index in [0.717, 1.165) is 23.1 Å². The number of guanidine groups is 1. The maximum atomic E-state index is 14.0. The summed E-state index contributed by atoms with van der Waals surface area (Å²) < 4.78 is 33.0. The summed E-state index contributed by atoms with van der Waals surface area (Å²) in [6.07, 6.45) is -3.70. The fraction of sp³-hybridized carbons (Fsp3) is 0.450. The van der Waals surface area contributed by atoms with Gasteiger partial charge in [-0.2, -0.15) is 0 Å². The topological polar surface area (TPSA) is 184 Å². The maximum absolute atomic E-state index is 14.0. The van der Waals surface area contributed by atoms with Crippen LogP contribution in [0.15, 0.2) is 35.0 Å². The van der Waals surface area contributed by atoms with Crippen LogP contribution in [-0.2, 0) is 20.9 Å². The van der Waals surface area contributed by atoms with E-state index in [4.69, 9.17) is 16.2 Å². The average molecular weight is 471 g/mol. The van der Waals surface area contributed by atoms with Crippen LogP contribution in [0.25, 0.3) is 0 Å². The lowest BCUT2D eigenvalue weighted by molar-refractivity contribution is -0.140. The van der Waals surface area contributed by atoms with Gasteiger partial charge in [-0.15, -0.1) is 0 Å². The van der Waals surface area contributed by atoms with Crippen molar-refractivity contribution in [3.05, 3.63) is 47.2 Å². The summed E-state index contributed by atoms with van der Waals surface area (Å²) in [5, 5.41) is 32.1. The van der Waals surface area contributed by atoms with Gasteiger partial charge in [0, 0.05) is 26.1 Å². The summed E-state index contributed by atoms with van der Waals surface area (Å²) in [5.41, 5.74) is 10.8. The highest BCUT2D eigenvalue weighted by Gasteiger charge is 2.44. The summed E-state index contributed by atoms with van der Waals surface area (Å²) in [5.74, 6) is -3.53. The van der Waals surface area contributed by atoms with E-state index in [-0.39, 0.29) is 17.9 Å². The first-order valence-electron chi connectivity index (χ1n) is 9.85. The number of aliphatic hydroxyl groups excluding tert-OH is 3. The highest BCUT2D eigenvalue weighted by Crippen LogP contribution is 2.26. The predicted octanol–water partition coefficient (Wildman–Crippen LogP) is -1.93. The largest absolute Gasteiger partial charge is 0.480 e. The van der Waals surface area contributed by atoms with Crippen molar-refractivity contribution in [3.63, 3.8) is 0 Å². The van der Waals surface area contributed by atoms with Gasteiger partial charge in [0.1, 0.15) is 29.9 Å². The SMILES string of the molecule is CC(=O)N[C@H]1[C@H]([C@H](O)[C@H](O)CO)OC(C(=O)N(C)Cc2cc(F)ccc2F)=C[C@@H]1N=C(N)N. The number of hydrogen-bond acceptors (Lipinski definition) is 7. The summed E-state index contributed by atoms with van der Waals surface area (Å²) in [6, 6.07) is 0.580. The van der Waals surface area contributed by atoms with Gasteiger partial charge in [0.15, 0.2) is 11.7 Å². The molecule has 2 rings (SSSR count). The molecular weight excluding hydrogens is 444 g/mol. The Morgan fingerprint density at radius 1 is 1.30 bits per heavy atom. The number of ether oxygens (including phenoxy) is 1. The molecule has 11 nitrogen and oxygen atoms in total. The van der Waals surface area contributed by atoms with Crippen LogP contribution >= 0.6 is 0 Å². The van der Waals surface area contributed by atoms with Gasteiger partial charge in [-0.25, -0.2) is 13.8 Å². The third-order valence-electron chi connectivity index (χ3n) is 4.87. The van der Waals surface area contributed by atoms with E-state index in [0.29, 0.717) is 0 Å². The number of carbonyl (C=O) groups excluding carboxylic acids is 2. The highest BCUT2D eigenvalue weighted by molar-refractivity contribution is 5.92. The summed E-state index contributed by atoms with van der Waals surface area (Å²) in [4.78, 5) is 29.7. The van der Waals surface area contributed by atoms with Crippen molar-refractivity contribution in [2.75, 3.05) is 13.7 Å². The number of aliphatic imine (C=N–C) groups is 1. The lowest BCUT2D eigenvalue weighted by atomic mass is 9.92. The van der Waals surface area contributed by atoms with Gasteiger partial charge in [-0.3, -0.25) is 9.59 Å². The molecule has 0 unspecified atom stereocenters. The Labute approximate surface area is 188 Å². The molecule has 182 valence electrons. The molecule has 0 aromatic heterocycles. The van der Waals surface area contributed by atoms with Crippen LogP contribution < -0.4 is 16.8 Å². The standard InChI is InChI=1S/C20H27F2N5O6/c1-9(29)25-16-13(26-20(23)24)6-15(33-18(16)17(31)14(30)8-28)19(32)27(2)7-10-5-11(21)3-4-12(10)22/h3-6,13-14,16-18,28,30-31H,7-8H2,1-2H3,(H,25,29)(H4,23,24,26)/t13-,14+,16+,17+,18+/m0/s1. The zero-order chi connectivity index (χ0) is 24.9. The number of nitrogens with one attached hydrogen (secondary N) is 1. The van der Waals surface area contributed by atoms with Crippen molar-refractivity contribution in [2.24, 2.45) is 16.5 Å². The lowest BCUT2D eigenvalue weighted by Gasteiger charge is -2.39. The van der Waals surface area contributed by atoms with Crippen LogP contribution in [-0.4, -0.2) is 82.0 Å². The summed E-state index contributed by atoms with van der Waals surface area (Å²) in [6.45, 7) is 0.0222. The molecule has 1 heterocycles. The number of rotatable bonds is 8. The molecule has 1 aliphatic rings. The molecule has 1 aromatic carbocycles. The average Bonchev–Trinajstić information content (AvgIpc) is 2.74. The zero-order valence-corrected chi connectivity index (χ0v) is 18.0. The molecule has 1 aromatic rings. The Hall–Kier alpha value is -3.29. The number of hydrogen-bond donors (Lipinski definition) is 6. The quantitative estimate of drug-likeness (QED) is 0.187. The van der Waals surface area contributed by atoms with Gasteiger partial charge < -0.3 is 41.7 Å². The van der Waals surface area contributed by atoms with Crippen LogP contribution in [0.2, 0.25) is 0 Å². The second-order valence-electron chi connectivity index (χ2n) is 7.52. The van der Waals surface area contributed by atoms with Gasteiger partial charge >= 0.3 is 0 Å². The number of likely N-dealkylation sites (N-methyl/N-ethyl adjacent to an activating group) is 1. The Balaban J connectivity index is 2.41. The molecule has 1 aliphatic heterocycles. The number of amides is 2. The van der Waals surface area contributed by atoms with E-state index in [9.17, 15) is 33.7 Å². The monoisotopic (exact) mass is 471 g/mol. The number of benzene rings is 1. The smallest absolute Gasteiger partial charge is 0.288 e. The Morgan fingerprint density at radius 3 is 2.55 bits per heavy atom. The van der Waals surface area contributed by atoms with Gasteiger partial charge in [0.2, 0.25) is 5.91 Å². The molecule has 0 fully saturated rings. The highest BCUT2D eigenvalue weighted by atomic mass is 19.1. The fourth-order valence-electron chi connectivity index (χ4n) is 3.31. The number of carbonyl (C=O) groups is 2. The summed E-state index contributed by atoms with van der Waals surface area (Å²) >= 11 is 0. The van der Waals surface area contributed by atoms with Crippen molar-refractivity contribution in [1.29, 1.82) is 0 Å². The Kier molecular flexibility index (Phi) is 8.68. The van der Waals surface area contributed by atoms with Crippen LogP contribution in [0.4, 0.5) is 8.78 Å². The number of aliphatic hydroxyl groups is 3. The van der Waals surface area contributed by atoms with Crippen molar-refractivity contribution < 1.29 is 38.4 Å². The van der Waals surface area contributed by atoms with Crippen molar-refractivity contribution >= 4 is 17.8 Å². The number of halogens is 2. The van der Waals surface area contributed by atoms with Gasteiger partial charge in [0.25, 0.3) is 5.91 Å². The normalized spacial score (nSPS) is 21.8. The molecule has 0 spiro atoms. The van der Waals surface area contributed by atoms with E-state index in [1.54, 1.807) is 0 Å². The second kappa shape index (κ2) is 11.0. The Morgan fingerprint density at radius 2 is 1.97 bits per heavy atom. The van der Waals surface area contributed by atoms with Crippen LogP contribution in [0.3, 0.4) is 0 Å². The molecule has 33 heavy (non-hydrogen) atoms. The molecule has 0 aliphatic carbocycles. The van der Waals surface area contributed by atoms with E-state index >= 15 is 0 Å². The molecule has 0 radical (unpaired) electrons. The van der Waals surface area contributed by atoms with E-state index in [2.05, 4.69) is 10.3 Å². The molecule has 0 saturated carbocycles. The van der Waals surface area contributed by atoms with Gasteiger partial charge in [-0.1, -0.05) is 0 Å². The molecule has 0 bridgehead atoms. The Bertz CT molecular complexity index is 940. The van der Waals surface area contributed by atoms with E-state index in [1.165, 1.54) is 20.0 Å². The first-order valence-corrected chi connectivity index (χ1v) is 9.85. The molecular formula is C20H27F2N5O6. The number of nitrogens with zero attached hydrogens (tertiary/aromatic N) is 2. The van der Waals surface area contributed by atoms with Crippen LogP contribution in [0, 0.1) is 11.6 Å². The molecule has 8 N–H and O–H groups in total. The minimum atomic E-state index is -1.76. The lowest BCUT2D eigenvalue weighted by Crippen LogP contribution is -2.60. The third kappa shape index (κ3) is 6.60. The third-order valence-corrected chi connectivity index (χ3v) is 4.87. The van der Waals surface area contributed by atoms with Crippen molar-refractivity contribution in [2.45, 2.75) is 43.9 Å².